The molecule has 2 aliphatic carbocycles. The van der Waals surface area contributed by atoms with Crippen LogP contribution < -0.4 is 10.6 Å². The summed E-state index contributed by atoms with van der Waals surface area (Å²) >= 11 is 1.68. The van der Waals surface area contributed by atoms with Gasteiger partial charge in [0.05, 0.1) is 12.6 Å². The lowest BCUT2D eigenvalue weighted by atomic mass is 9.69. The highest BCUT2D eigenvalue weighted by atomic mass is 32.1. The van der Waals surface area contributed by atoms with Gasteiger partial charge >= 0.3 is 6.03 Å². The van der Waals surface area contributed by atoms with Gasteiger partial charge in [-0.2, -0.15) is 0 Å². The Morgan fingerprint density at radius 2 is 2.32 bits per heavy atom. The molecule has 1 aromatic rings. The predicted octanol–water partition coefficient (Wildman–Crippen LogP) is 3.02. The molecule has 2 aliphatic rings. The second-order valence-corrected chi connectivity index (χ2v) is 8.00. The second-order valence-electron chi connectivity index (χ2n) is 6.74. The average molecular weight is 323 g/mol. The fraction of sp³-hybridized carbons (Fsp3) is 0.750. The van der Waals surface area contributed by atoms with Crippen LogP contribution in [-0.2, 0) is 4.74 Å². The number of aromatic nitrogens is 1. The van der Waals surface area contributed by atoms with Crippen molar-refractivity contribution in [1.29, 1.82) is 0 Å². The minimum Gasteiger partial charge on any atom is -0.384 e. The molecule has 0 bridgehead atoms. The Kier molecular flexibility index (Phi) is 4.68. The average Bonchev–Trinajstić information content (AvgIpc) is 3.21. The van der Waals surface area contributed by atoms with E-state index in [1.807, 2.05) is 6.20 Å². The third-order valence-corrected chi connectivity index (χ3v) is 5.77. The summed E-state index contributed by atoms with van der Waals surface area (Å²) in [6, 6.07) is -0.00871. The number of hydrogen-bond donors (Lipinski definition) is 2. The number of carbonyl (C=O) groups excluding carboxylic acids is 1. The van der Waals surface area contributed by atoms with Crippen LogP contribution in [0.4, 0.5) is 4.79 Å². The first-order chi connectivity index (χ1) is 10.6. The molecule has 2 N–H and O–H groups in total. The Morgan fingerprint density at radius 3 is 2.82 bits per heavy atom. The number of amides is 2. The van der Waals surface area contributed by atoms with Gasteiger partial charge in [0.15, 0.2) is 0 Å². The van der Waals surface area contributed by atoms with Crippen molar-refractivity contribution in [3.05, 3.63) is 16.1 Å². The monoisotopic (exact) mass is 323 g/mol. The van der Waals surface area contributed by atoms with Crippen molar-refractivity contribution >= 4 is 17.4 Å². The van der Waals surface area contributed by atoms with Gasteiger partial charge in [0, 0.05) is 30.1 Å². The van der Waals surface area contributed by atoms with Crippen molar-refractivity contribution in [2.75, 3.05) is 20.3 Å². The highest BCUT2D eigenvalue weighted by Gasteiger charge is 2.38. The molecule has 1 aromatic heterocycles. The fourth-order valence-electron chi connectivity index (χ4n) is 3.14. The first kappa shape index (κ1) is 15.7. The van der Waals surface area contributed by atoms with Crippen LogP contribution in [0, 0.1) is 18.3 Å². The number of urea groups is 1. The molecule has 0 saturated heterocycles. The van der Waals surface area contributed by atoms with Crippen LogP contribution in [-0.4, -0.2) is 31.3 Å². The molecule has 1 heterocycles. The summed E-state index contributed by atoms with van der Waals surface area (Å²) in [7, 11) is 1.73. The maximum absolute atomic E-state index is 12.3. The number of rotatable bonds is 7. The van der Waals surface area contributed by atoms with Crippen LogP contribution in [0.1, 0.15) is 48.0 Å². The molecule has 0 aromatic carbocycles. The van der Waals surface area contributed by atoms with Crippen LogP contribution in [0.3, 0.4) is 0 Å². The van der Waals surface area contributed by atoms with Crippen LogP contribution in [0.2, 0.25) is 0 Å². The molecule has 3 rings (SSSR count). The molecule has 2 fully saturated rings. The summed E-state index contributed by atoms with van der Waals surface area (Å²) in [5, 5.41) is 7.21. The summed E-state index contributed by atoms with van der Waals surface area (Å²) in [6.45, 7) is 3.47. The summed E-state index contributed by atoms with van der Waals surface area (Å²) in [5.74, 6) is 0.549. The Balaban J connectivity index is 1.53. The normalized spacial score (nSPS) is 21.0. The molecule has 2 amide bonds. The molecule has 1 atom stereocenters. The Labute approximate surface area is 135 Å². The lowest BCUT2D eigenvalue weighted by Gasteiger charge is -2.41. The van der Waals surface area contributed by atoms with Gasteiger partial charge in [-0.25, -0.2) is 9.78 Å². The highest BCUT2D eigenvalue weighted by molar-refractivity contribution is 7.11. The van der Waals surface area contributed by atoms with Crippen molar-refractivity contribution in [1.82, 2.24) is 15.6 Å². The minimum absolute atomic E-state index is 0.0680. The van der Waals surface area contributed by atoms with Crippen molar-refractivity contribution in [2.24, 2.45) is 11.3 Å². The second kappa shape index (κ2) is 6.54. The quantitative estimate of drug-likeness (QED) is 0.811. The van der Waals surface area contributed by atoms with Gasteiger partial charge in [0.25, 0.3) is 0 Å². The SMILES string of the molecule is COCC1(CNC(=O)NC(c2ncc(C)s2)C2CC2)CCC1. The molecule has 5 nitrogen and oxygen atoms in total. The molecule has 1 unspecified atom stereocenters. The number of methoxy groups -OCH3 is 1. The molecule has 0 aliphatic heterocycles. The van der Waals surface area contributed by atoms with Crippen molar-refractivity contribution in [3.63, 3.8) is 0 Å². The van der Waals surface area contributed by atoms with E-state index in [0.717, 1.165) is 24.5 Å². The van der Waals surface area contributed by atoms with Crippen LogP contribution in [0.5, 0.6) is 0 Å². The highest BCUT2D eigenvalue weighted by Crippen LogP contribution is 2.42. The molecular formula is C16H25N3O2S. The number of aryl methyl sites for hydroxylation is 1. The molecule has 2 saturated carbocycles. The van der Waals surface area contributed by atoms with Crippen LogP contribution in [0.25, 0.3) is 0 Å². The molecule has 6 heteroatoms. The lowest BCUT2D eigenvalue weighted by molar-refractivity contribution is 0.0199. The van der Waals surface area contributed by atoms with E-state index in [4.69, 9.17) is 4.74 Å². The molecule has 122 valence electrons. The first-order valence-electron chi connectivity index (χ1n) is 8.07. The number of nitrogens with one attached hydrogen (secondary N) is 2. The number of hydrogen-bond acceptors (Lipinski definition) is 4. The molecule has 0 radical (unpaired) electrons. The van der Waals surface area contributed by atoms with Crippen LogP contribution >= 0.6 is 11.3 Å². The third-order valence-electron chi connectivity index (χ3n) is 4.77. The van der Waals surface area contributed by atoms with Gasteiger partial charge in [-0.3, -0.25) is 0 Å². The Bertz CT molecular complexity index is 523. The van der Waals surface area contributed by atoms with E-state index in [1.54, 1.807) is 18.4 Å². The minimum atomic E-state index is -0.0767. The topological polar surface area (TPSA) is 63.2 Å². The van der Waals surface area contributed by atoms with Crippen molar-refractivity contribution < 1.29 is 9.53 Å². The summed E-state index contributed by atoms with van der Waals surface area (Å²) in [4.78, 5) is 17.9. The standard InChI is InChI=1S/C16H25N3O2S/c1-11-8-17-14(22-11)13(12-4-5-12)19-15(20)18-9-16(10-21-2)6-3-7-16/h8,12-13H,3-7,9-10H2,1-2H3,(H2,18,19,20). The zero-order valence-corrected chi connectivity index (χ0v) is 14.2. The van der Waals surface area contributed by atoms with Gasteiger partial charge in [-0.05, 0) is 38.5 Å². The molecule has 0 spiro atoms. The van der Waals surface area contributed by atoms with Gasteiger partial charge in [-0.1, -0.05) is 6.42 Å². The fourth-order valence-corrected chi connectivity index (χ4v) is 4.06. The van der Waals surface area contributed by atoms with Crippen molar-refractivity contribution in [2.45, 2.75) is 45.1 Å². The Morgan fingerprint density at radius 1 is 1.55 bits per heavy atom. The lowest BCUT2D eigenvalue weighted by Crippen LogP contribution is -2.48. The maximum Gasteiger partial charge on any atom is 0.315 e. The van der Waals surface area contributed by atoms with E-state index in [1.165, 1.54) is 24.1 Å². The number of thiazole rings is 1. The summed E-state index contributed by atoms with van der Waals surface area (Å²) in [5.41, 5.74) is 0.152. The van der Waals surface area contributed by atoms with E-state index < -0.39 is 0 Å². The van der Waals surface area contributed by atoms with E-state index in [9.17, 15) is 4.79 Å². The number of nitrogens with zero attached hydrogens (tertiary/aromatic N) is 1. The summed E-state index contributed by atoms with van der Waals surface area (Å²) < 4.78 is 5.30. The van der Waals surface area contributed by atoms with E-state index in [-0.39, 0.29) is 17.5 Å². The summed E-state index contributed by atoms with van der Waals surface area (Å²) in [6.07, 6.45) is 7.75. The van der Waals surface area contributed by atoms with Gasteiger partial charge in [0.1, 0.15) is 5.01 Å². The number of carbonyl (C=O) groups is 1. The first-order valence-corrected chi connectivity index (χ1v) is 8.89. The maximum atomic E-state index is 12.3. The van der Waals surface area contributed by atoms with Gasteiger partial charge < -0.3 is 15.4 Å². The van der Waals surface area contributed by atoms with Crippen molar-refractivity contribution in [3.8, 4) is 0 Å². The van der Waals surface area contributed by atoms with E-state index in [2.05, 4.69) is 22.5 Å². The van der Waals surface area contributed by atoms with Gasteiger partial charge in [0.2, 0.25) is 0 Å². The smallest absolute Gasteiger partial charge is 0.315 e. The Hall–Kier alpha value is -1.14. The zero-order valence-electron chi connectivity index (χ0n) is 13.4. The molecule has 22 heavy (non-hydrogen) atoms. The number of ether oxygens (including phenoxy) is 1. The largest absolute Gasteiger partial charge is 0.384 e. The van der Waals surface area contributed by atoms with E-state index >= 15 is 0 Å². The third kappa shape index (κ3) is 3.60. The molecular weight excluding hydrogens is 298 g/mol. The predicted molar refractivity (Wildman–Crippen MR) is 87.0 cm³/mol. The van der Waals surface area contributed by atoms with Gasteiger partial charge in [-0.15, -0.1) is 11.3 Å². The zero-order chi connectivity index (χ0) is 15.6. The van der Waals surface area contributed by atoms with Crippen LogP contribution in [0.15, 0.2) is 6.20 Å². The van der Waals surface area contributed by atoms with E-state index in [0.29, 0.717) is 12.5 Å².